The molecule has 0 spiro atoms. The monoisotopic (exact) mass is 565 g/mol. The van der Waals surface area contributed by atoms with E-state index in [-0.39, 0.29) is 12.4 Å². The van der Waals surface area contributed by atoms with E-state index in [1.165, 1.54) is 0 Å². The van der Waals surface area contributed by atoms with Crippen LogP contribution in [-0.2, 0) is 13.2 Å². The second-order valence-corrected chi connectivity index (χ2v) is 9.45. The van der Waals surface area contributed by atoms with E-state index in [9.17, 15) is 0 Å². The predicted molar refractivity (Wildman–Crippen MR) is 147 cm³/mol. The Bertz CT molecular complexity index is 1240. The van der Waals surface area contributed by atoms with E-state index >= 15 is 0 Å². The van der Waals surface area contributed by atoms with Gasteiger partial charge in [-0.15, -0.1) is 17.5 Å². The lowest BCUT2D eigenvalue weighted by atomic mass is 10.2. The number of halogens is 3. The zero-order valence-electron chi connectivity index (χ0n) is 19.6. The zero-order chi connectivity index (χ0) is 24.5. The number of thioether (sulfide) groups is 1. The van der Waals surface area contributed by atoms with E-state index in [1.54, 1.807) is 23.6 Å². The fraction of sp³-hybridized carbons (Fsp3) is 0.240. The van der Waals surface area contributed by atoms with Crippen molar-refractivity contribution in [1.82, 2.24) is 25.5 Å². The van der Waals surface area contributed by atoms with Crippen molar-refractivity contribution < 1.29 is 9.47 Å². The summed E-state index contributed by atoms with van der Waals surface area (Å²) in [6.07, 6.45) is 0.955. The van der Waals surface area contributed by atoms with Crippen molar-refractivity contribution >= 4 is 47.4 Å². The van der Waals surface area contributed by atoms with E-state index in [0.29, 0.717) is 34.7 Å². The van der Waals surface area contributed by atoms with E-state index in [1.807, 2.05) is 66.7 Å². The van der Waals surface area contributed by atoms with Gasteiger partial charge in [0.1, 0.15) is 6.61 Å². The van der Waals surface area contributed by atoms with Crippen LogP contribution in [0.1, 0.15) is 17.5 Å². The van der Waals surface area contributed by atoms with Crippen LogP contribution in [0.4, 0.5) is 0 Å². The Balaban J connectivity index is 0.00000361. The van der Waals surface area contributed by atoms with Gasteiger partial charge in [-0.3, -0.25) is 0 Å². The lowest BCUT2D eigenvalue weighted by Gasteiger charge is -2.15. The quantitative estimate of drug-likeness (QED) is 0.160. The number of rotatable bonds is 12. The Kier molecular flexibility index (Phi) is 11.2. The van der Waals surface area contributed by atoms with Crippen molar-refractivity contribution in [3.8, 4) is 17.2 Å². The molecule has 4 aromatic rings. The summed E-state index contributed by atoms with van der Waals surface area (Å²) in [5, 5.41) is 17.4. The molecule has 0 fully saturated rings. The van der Waals surface area contributed by atoms with Crippen molar-refractivity contribution in [3.05, 3.63) is 87.9 Å². The van der Waals surface area contributed by atoms with Crippen molar-refractivity contribution in [2.24, 2.45) is 0 Å². The second kappa shape index (κ2) is 14.3. The van der Waals surface area contributed by atoms with Gasteiger partial charge in [0.05, 0.1) is 17.8 Å². The molecule has 0 atom stereocenters. The maximum absolute atomic E-state index is 6.51. The topological polar surface area (TPSA) is 74.1 Å². The SMILES string of the molecule is COc1cc(CNCCCSc2nnnn2-c2ccccc2)cc(Cl)c1OCc1ccccc1Cl.Cl. The molecule has 36 heavy (non-hydrogen) atoms. The molecule has 3 aromatic carbocycles. The highest BCUT2D eigenvalue weighted by atomic mass is 35.5. The number of aromatic nitrogens is 4. The third-order valence-corrected chi connectivity index (χ3v) is 6.77. The van der Waals surface area contributed by atoms with Crippen molar-refractivity contribution in [1.29, 1.82) is 0 Å². The van der Waals surface area contributed by atoms with Crippen LogP contribution in [0, 0.1) is 0 Å². The summed E-state index contributed by atoms with van der Waals surface area (Å²) >= 11 is 14.4. The Morgan fingerprint density at radius 1 is 1.00 bits per heavy atom. The van der Waals surface area contributed by atoms with Crippen molar-refractivity contribution in [3.63, 3.8) is 0 Å². The number of tetrazole rings is 1. The van der Waals surface area contributed by atoms with Gasteiger partial charge in [0, 0.05) is 22.9 Å². The van der Waals surface area contributed by atoms with Crippen LogP contribution >= 0.6 is 47.4 Å². The molecule has 1 N–H and O–H groups in total. The first-order valence-corrected chi connectivity index (χ1v) is 12.8. The first-order valence-electron chi connectivity index (χ1n) is 11.1. The molecule has 1 aromatic heterocycles. The third-order valence-electron chi connectivity index (χ3n) is 5.12. The van der Waals surface area contributed by atoms with Crippen LogP contribution in [0.2, 0.25) is 10.0 Å². The van der Waals surface area contributed by atoms with Gasteiger partial charge in [0.2, 0.25) is 5.16 Å². The summed E-state index contributed by atoms with van der Waals surface area (Å²) in [7, 11) is 1.60. The number of para-hydroxylation sites is 1. The molecule has 0 saturated carbocycles. The fourth-order valence-corrected chi connectivity index (χ4v) is 4.68. The summed E-state index contributed by atoms with van der Waals surface area (Å²) in [6.45, 7) is 1.80. The molecule has 0 radical (unpaired) electrons. The van der Waals surface area contributed by atoms with E-state index in [0.717, 1.165) is 40.7 Å². The lowest BCUT2D eigenvalue weighted by molar-refractivity contribution is 0.284. The van der Waals surface area contributed by atoms with Gasteiger partial charge >= 0.3 is 0 Å². The molecule has 4 rings (SSSR count). The Labute approximate surface area is 230 Å². The minimum atomic E-state index is 0. The maximum atomic E-state index is 6.51. The maximum Gasteiger partial charge on any atom is 0.214 e. The van der Waals surface area contributed by atoms with Gasteiger partial charge in [-0.2, -0.15) is 4.68 Å². The van der Waals surface area contributed by atoms with E-state index < -0.39 is 0 Å². The zero-order valence-corrected chi connectivity index (χ0v) is 22.7. The Morgan fingerprint density at radius 3 is 2.56 bits per heavy atom. The molecule has 0 aliphatic rings. The Hall–Kier alpha value is -2.49. The van der Waals surface area contributed by atoms with Gasteiger partial charge in [-0.1, -0.05) is 71.4 Å². The average Bonchev–Trinajstić information content (AvgIpc) is 3.35. The van der Waals surface area contributed by atoms with Crippen LogP contribution in [0.15, 0.2) is 71.9 Å². The molecular formula is C25H26Cl3N5O2S. The first-order chi connectivity index (χ1) is 17.2. The summed E-state index contributed by atoms with van der Waals surface area (Å²) in [5.41, 5.74) is 2.84. The Morgan fingerprint density at radius 2 is 1.78 bits per heavy atom. The normalized spacial score (nSPS) is 10.6. The van der Waals surface area contributed by atoms with Gasteiger partial charge < -0.3 is 14.8 Å². The molecule has 0 bridgehead atoms. The van der Waals surface area contributed by atoms with Gasteiger partial charge in [0.25, 0.3) is 0 Å². The lowest BCUT2D eigenvalue weighted by Crippen LogP contribution is -2.15. The molecule has 7 nitrogen and oxygen atoms in total. The number of methoxy groups -OCH3 is 1. The highest BCUT2D eigenvalue weighted by Crippen LogP contribution is 2.37. The molecule has 0 aliphatic carbocycles. The van der Waals surface area contributed by atoms with Crippen molar-refractivity contribution in [2.45, 2.75) is 24.7 Å². The van der Waals surface area contributed by atoms with E-state index in [2.05, 4.69) is 20.8 Å². The number of ether oxygens (including phenoxy) is 2. The molecule has 0 saturated heterocycles. The molecule has 0 amide bonds. The number of hydrogen-bond donors (Lipinski definition) is 1. The molecule has 0 aliphatic heterocycles. The van der Waals surface area contributed by atoms with Crippen LogP contribution in [0.3, 0.4) is 0 Å². The summed E-state index contributed by atoms with van der Waals surface area (Å²) in [5.74, 6) is 1.98. The number of nitrogens with one attached hydrogen (secondary N) is 1. The highest BCUT2D eigenvalue weighted by Gasteiger charge is 2.13. The van der Waals surface area contributed by atoms with Crippen molar-refractivity contribution in [2.75, 3.05) is 19.4 Å². The molecular weight excluding hydrogens is 541 g/mol. The van der Waals surface area contributed by atoms with Gasteiger partial charge in [-0.25, -0.2) is 0 Å². The summed E-state index contributed by atoms with van der Waals surface area (Å²) in [6, 6.07) is 21.2. The predicted octanol–water partition coefficient (Wildman–Crippen LogP) is 6.25. The minimum absolute atomic E-state index is 0. The molecule has 11 heteroatoms. The van der Waals surface area contributed by atoms with Crippen LogP contribution in [0.25, 0.3) is 5.69 Å². The number of benzene rings is 3. The smallest absolute Gasteiger partial charge is 0.214 e. The molecule has 0 unspecified atom stereocenters. The largest absolute Gasteiger partial charge is 0.493 e. The first kappa shape index (κ1) is 28.1. The number of nitrogens with zero attached hydrogens (tertiary/aromatic N) is 4. The molecule has 190 valence electrons. The van der Waals surface area contributed by atoms with Gasteiger partial charge in [-0.05, 0) is 59.3 Å². The minimum Gasteiger partial charge on any atom is -0.493 e. The molecule has 1 heterocycles. The average molecular weight is 567 g/mol. The van der Waals surface area contributed by atoms with Crippen LogP contribution < -0.4 is 14.8 Å². The summed E-state index contributed by atoms with van der Waals surface area (Å²) in [4.78, 5) is 0. The number of hydrogen-bond acceptors (Lipinski definition) is 7. The fourth-order valence-electron chi connectivity index (χ4n) is 3.37. The van der Waals surface area contributed by atoms with Crippen LogP contribution in [0.5, 0.6) is 11.5 Å². The third kappa shape index (κ3) is 7.51. The van der Waals surface area contributed by atoms with Gasteiger partial charge in [0.15, 0.2) is 11.5 Å². The summed E-state index contributed by atoms with van der Waals surface area (Å²) < 4.78 is 13.2. The second-order valence-electron chi connectivity index (χ2n) is 7.58. The van der Waals surface area contributed by atoms with Crippen LogP contribution in [-0.4, -0.2) is 39.6 Å². The van der Waals surface area contributed by atoms with E-state index in [4.69, 9.17) is 32.7 Å². The highest BCUT2D eigenvalue weighted by molar-refractivity contribution is 7.99. The standard InChI is InChI=1S/C25H25Cl2N5O2S.ClH/c1-33-23-15-18(14-22(27)24(23)34-17-19-8-5-6-11-21(19)26)16-28-12-7-13-35-25-29-30-31-32(25)20-9-3-2-4-10-20;/h2-6,8-11,14-15,28H,7,12-13,16-17H2,1H3;1H.